The lowest BCUT2D eigenvalue weighted by Gasteiger charge is -2.15. The van der Waals surface area contributed by atoms with Crippen molar-refractivity contribution in [3.05, 3.63) is 35.4 Å². The van der Waals surface area contributed by atoms with E-state index in [0.717, 1.165) is 0 Å². The number of aromatic carboxylic acids is 1. The number of carboxylic acids is 1. The molecule has 0 radical (unpaired) electrons. The summed E-state index contributed by atoms with van der Waals surface area (Å²) < 4.78 is 26.7. The number of hydrogen-bond acceptors (Lipinski definition) is 1. The zero-order valence-electron chi connectivity index (χ0n) is 8.34. The van der Waals surface area contributed by atoms with Crippen molar-refractivity contribution < 1.29 is 18.7 Å². The summed E-state index contributed by atoms with van der Waals surface area (Å²) in [5.41, 5.74) is -0.111. The Bertz CT molecular complexity index is 344. The molecule has 0 heterocycles. The zero-order chi connectivity index (χ0) is 11.5. The normalized spacial score (nSPS) is 11.4. The Balaban J connectivity index is 2.93. The quantitative estimate of drug-likeness (QED) is 0.835. The Morgan fingerprint density at radius 3 is 2.27 bits per heavy atom. The maximum Gasteiger partial charge on any atom is 0.335 e. The highest BCUT2D eigenvalue weighted by molar-refractivity contribution is 5.87. The predicted molar refractivity (Wildman–Crippen MR) is 52.2 cm³/mol. The van der Waals surface area contributed by atoms with Crippen LogP contribution in [0.2, 0.25) is 0 Å². The summed E-state index contributed by atoms with van der Waals surface area (Å²) in [4.78, 5) is 10.5. The lowest BCUT2D eigenvalue weighted by molar-refractivity contribution is -0.0140. The molecule has 0 fully saturated rings. The Morgan fingerprint density at radius 2 is 1.87 bits per heavy atom. The van der Waals surface area contributed by atoms with Crippen LogP contribution in [0.4, 0.5) is 8.78 Å². The highest BCUT2D eigenvalue weighted by Crippen LogP contribution is 2.32. The smallest absolute Gasteiger partial charge is 0.335 e. The van der Waals surface area contributed by atoms with Gasteiger partial charge in [-0.2, -0.15) is 0 Å². The molecule has 0 amide bonds. The molecule has 0 bridgehead atoms. The van der Waals surface area contributed by atoms with Crippen LogP contribution in [0.25, 0.3) is 0 Å². The number of hydrogen-bond donors (Lipinski definition) is 1. The molecule has 1 aromatic rings. The number of carboxylic acid groups (broad SMARTS) is 1. The van der Waals surface area contributed by atoms with Gasteiger partial charge >= 0.3 is 5.97 Å². The molecule has 2 nitrogen and oxygen atoms in total. The molecule has 1 rings (SSSR count). The maximum atomic E-state index is 13.3. The van der Waals surface area contributed by atoms with Crippen molar-refractivity contribution in [1.29, 1.82) is 0 Å². The highest BCUT2D eigenvalue weighted by Gasteiger charge is 2.29. The van der Waals surface area contributed by atoms with Crippen molar-refractivity contribution in [2.75, 3.05) is 0 Å². The first-order chi connectivity index (χ1) is 6.97. The number of benzene rings is 1. The molecule has 0 aliphatic rings. The maximum absolute atomic E-state index is 13.3. The molecule has 1 N–H and O–H groups in total. The van der Waals surface area contributed by atoms with Crippen molar-refractivity contribution in [3.8, 4) is 0 Å². The van der Waals surface area contributed by atoms with Gasteiger partial charge in [0.15, 0.2) is 0 Å². The van der Waals surface area contributed by atoms with Crippen LogP contribution in [0.3, 0.4) is 0 Å². The van der Waals surface area contributed by atoms with E-state index in [1.165, 1.54) is 24.3 Å². The van der Waals surface area contributed by atoms with Crippen molar-refractivity contribution in [2.24, 2.45) is 0 Å². The van der Waals surface area contributed by atoms with Crippen LogP contribution in [-0.2, 0) is 5.92 Å². The highest BCUT2D eigenvalue weighted by atomic mass is 19.3. The van der Waals surface area contributed by atoms with Crippen LogP contribution < -0.4 is 0 Å². The number of rotatable bonds is 4. The summed E-state index contributed by atoms with van der Waals surface area (Å²) in [6, 6.07) is 4.72. The lowest BCUT2D eigenvalue weighted by atomic mass is 10.0. The molecule has 0 aliphatic carbocycles. The molecule has 4 heteroatoms. The van der Waals surface area contributed by atoms with Crippen LogP contribution >= 0.6 is 0 Å². The van der Waals surface area contributed by atoms with Gasteiger partial charge in [-0.1, -0.05) is 25.5 Å². The molecule has 0 saturated carbocycles. The van der Waals surface area contributed by atoms with E-state index in [4.69, 9.17) is 5.11 Å². The molecule has 0 spiro atoms. The standard InChI is InChI=1S/C11H12F2O2/c1-2-7-11(12,13)9-5-3-8(4-6-9)10(14)15/h3-6H,2,7H2,1H3,(H,14,15). The molecule has 0 atom stereocenters. The first-order valence-corrected chi connectivity index (χ1v) is 4.69. The third kappa shape index (κ3) is 2.75. The summed E-state index contributed by atoms with van der Waals surface area (Å²) in [5.74, 6) is -3.98. The van der Waals surface area contributed by atoms with Gasteiger partial charge in [-0.05, 0) is 12.1 Å². The van der Waals surface area contributed by atoms with Crippen molar-refractivity contribution >= 4 is 5.97 Å². The van der Waals surface area contributed by atoms with Crippen LogP contribution in [-0.4, -0.2) is 11.1 Å². The fraction of sp³-hybridized carbons (Fsp3) is 0.364. The number of alkyl halides is 2. The fourth-order valence-corrected chi connectivity index (χ4v) is 1.31. The fourth-order valence-electron chi connectivity index (χ4n) is 1.31. The second-order valence-corrected chi connectivity index (χ2v) is 3.34. The van der Waals surface area contributed by atoms with Crippen molar-refractivity contribution in [2.45, 2.75) is 25.7 Å². The van der Waals surface area contributed by atoms with E-state index in [2.05, 4.69) is 0 Å². The van der Waals surface area contributed by atoms with Gasteiger partial charge in [0, 0.05) is 12.0 Å². The van der Waals surface area contributed by atoms with E-state index in [0.29, 0.717) is 6.42 Å². The van der Waals surface area contributed by atoms with E-state index >= 15 is 0 Å². The minimum Gasteiger partial charge on any atom is -0.478 e. The molecule has 0 aliphatic heterocycles. The Hall–Kier alpha value is -1.45. The van der Waals surface area contributed by atoms with E-state index in [1.807, 2.05) is 0 Å². The van der Waals surface area contributed by atoms with Crippen molar-refractivity contribution in [1.82, 2.24) is 0 Å². The largest absolute Gasteiger partial charge is 0.478 e. The van der Waals surface area contributed by atoms with E-state index in [9.17, 15) is 13.6 Å². The van der Waals surface area contributed by atoms with Crippen LogP contribution in [0, 0.1) is 0 Å². The molecule has 0 unspecified atom stereocenters. The molecular formula is C11H12F2O2. The average molecular weight is 214 g/mol. The van der Waals surface area contributed by atoms with Gasteiger partial charge in [-0.25, -0.2) is 13.6 Å². The van der Waals surface area contributed by atoms with E-state index < -0.39 is 11.9 Å². The molecule has 15 heavy (non-hydrogen) atoms. The summed E-state index contributed by atoms with van der Waals surface area (Å²) in [5, 5.41) is 8.59. The van der Waals surface area contributed by atoms with Crippen LogP contribution in [0.15, 0.2) is 24.3 Å². The molecule has 0 saturated heterocycles. The van der Waals surface area contributed by atoms with E-state index in [-0.39, 0.29) is 17.5 Å². The SMILES string of the molecule is CCCC(F)(F)c1ccc(C(=O)O)cc1. The van der Waals surface area contributed by atoms with Gasteiger partial charge in [0.1, 0.15) is 0 Å². The summed E-state index contributed by atoms with van der Waals surface area (Å²) in [6.45, 7) is 1.68. The Labute approximate surface area is 86.5 Å². The first-order valence-electron chi connectivity index (χ1n) is 4.69. The first kappa shape index (κ1) is 11.6. The molecule has 82 valence electrons. The van der Waals surface area contributed by atoms with Gasteiger partial charge in [0.05, 0.1) is 5.56 Å². The topological polar surface area (TPSA) is 37.3 Å². The van der Waals surface area contributed by atoms with Gasteiger partial charge in [0.25, 0.3) is 5.92 Å². The van der Waals surface area contributed by atoms with Gasteiger partial charge in [-0.3, -0.25) is 0 Å². The number of carbonyl (C=O) groups is 1. The average Bonchev–Trinajstić information content (AvgIpc) is 2.18. The minimum absolute atomic E-state index is 0.0195. The number of halogens is 2. The third-order valence-corrected chi connectivity index (χ3v) is 2.12. The summed E-state index contributed by atoms with van der Waals surface area (Å²) in [6.07, 6.45) is 0.160. The molecular weight excluding hydrogens is 202 g/mol. The van der Waals surface area contributed by atoms with Crippen LogP contribution in [0.5, 0.6) is 0 Å². The summed E-state index contributed by atoms with van der Waals surface area (Å²) in [7, 11) is 0. The molecule has 1 aromatic carbocycles. The second-order valence-electron chi connectivity index (χ2n) is 3.34. The Kier molecular flexibility index (Phi) is 3.39. The van der Waals surface area contributed by atoms with Gasteiger partial charge in [0.2, 0.25) is 0 Å². The second kappa shape index (κ2) is 4.38. The third-order valence-electron chi connectivity index (χ3n) is 2.12. The van der Waals surface area contributed by atoms with Crippen LogP contribution in [0.1, 0.15) is 35.7 Å². The Morgan fingerprint density at radius 1 is 1.33 bits per heavy atom. The summed E-state index contributed by atoms with van der Waals surface area (Å²) >= 11 is 0. The van der Waals surface area contributed by atoms with Gasteiger partial charge < -0.3 is 5.11 Å². The van der Waals surface area contributed by atoms with Crippen molar-refractivity contribution in [3.63, 3.8) is 0 Å². The van der Waals surface area contributed by atoms with Gasteiger partial charge in [-0.15, -0.1) is 0 Å². The predicted octanol–water partition coefficient (Wildman–Crippen LogP) is 3.28. The monoisotopic (exact) mass is 214 g/mol. The minimum atomic E-state index is -2.87. The lowest BCUT2D eigenvalue weighted by Crippen LogP contribution is -2.12. The van der Waals surface area contributed by atoms with E-state index in [1.54, 1.807) is 6.92 Å². The molecule has 0 aromatic heterocycles. The zero-order valence-corrected chi connectivity index (χ0v) is 8.34.